The lowest BCUT2D eigenvalue weighted by Crippen LogP contribution is -2.36. The third-order valence-electron chi connectivity index (χ3n) is 8.10. The zero-order chi connectivity index (χ0) is 34.1. The second-order valence-electron chi connectivity index (χ2n) is 11.5. The lowest BCUT2D eigenvalue weighted by Gasteiger charge is -2.32. The summed E-state index contributed by atoms with van der Waals surface area (Å²) >= 11 is 13.1. The molecule has 0 bridgehead atoms. The minimum atomic E-state index is -1.22. The average molecular weight is 678 g/mol. The minimum absolute atomic E-state index is 0.137. The summed E-state index contributed by atoms with van der Waals surface area (Å²) in [5, 5.41) is 17.6. The first kappa shape index (κ1) is 35.7. The van der Waals surface area contributed by atoms with Crippen molar-refractivity contribution in [2.75, 3.05) is 36.4 Å². The maximum absolute atomic E-state index is 13.0. The smallest absolute Gasteiger partial charge is 0.413 e. The van der Waals surface area contributed by atoms with Crippen LogP contribution in [0.4, 0.5) is 22.2 Å². The Balaban J connectivity index is 1.56. The number of carbonyl (C=O) groups is 2. The van der Waals surface area contributed by atoms with Crippen LogP contribution in [0.5, 0.6) is 0 Å². The molecule has 0 aliphatic heterocycles. The van der Waals surface area contributed by atoms with E-state index < -0.39 is 12.1 Å². The number of nitrogens with one attached hydrogen (secondary N) is 2. The molecule has 4 aromatic rings. The van der Waals surface area contributed by atoms with E-state index in [4.69, 9.17) is 23.2 Å². The monoisotopic (exact) mass is 676 g/mol. The number of halogens is 2. The van der Waals surface area contributed by atoms with Gasteiger partial charge in [-0.15, -0.1) is 0 Å². The Morgan fingerprint density at radius 1 is 0.915 bits per heavy atom. The molecule has 3 aromatic carbocycles. The highest BCUT2D eigenvalue weighted by Gasteiger charge is 2.33. The van der Waals surface area contributed by atoms with E-state index in [1.165, 1.54) is 11.1 Å². The molecule has 11 heteroatoms. The van der Waals surface area contributed by atoms with E-state index >= 15 is 0 Å². The fourth-order valence-corrected chi connectivity index (χ4v) is 6.19. The van der Waals surface area contributed by atoms with Crippen molar-refractivity contribution < 1.29 is 14.7 Å². The summed E-state index contributed by atoms with van der Waals surface area (Å²) in [5.74, 6) is 0.196. The number of amides is 2. The lowest BCUT2D eigenvalue weighted by molar-refractivity contribution is 0.0952. The van der Waals surface area contributed by atoms with E-state index in [0.29, 0.717) is 33.4 Å². The van der Waals surface area contributed by atoms with Crippen molar-refractivity contribution in [3.8, 4) is 0 Å². The van der Waals surface area contributed by atoms with Crippen molar-refractivity contribution in [2.24, 2.45) is 0 Å². The van der Waals surface area contributed by atoms with E-state index in [2.05, 4.69) is 39.3 Å². The van der Waals surface area contributed by atoms with Gasteiger partial charge in [-0.3, -0.25) is 4.79 Å². The number of rotatable bonds is 14. The number of unbranched alkanes of at least 4 members (excludes halogenated alkanes) is 1. The minimum Gasteiger partial charge on any atom is -0.465 e. The van der Waals surface area contributed by atoms with Crippen molar-refractivity contribution in [3.05, 3.63) is 110 Å². The van der Waals surface area contributed by atoms with Crippen LogP contribution in [0.2, 0.25) is 10.0 Å². The summed E-state index contributed by atoms with van der Waals surface area (Å²) in [4.78, 5) is 38.2. The first-order valence-corrected chi connectivity index (χ1v) is 16.5. The largest absolute Gasteiger partial charge is 0.465 e. The lowest BCUT2D eigenvalue weighted by atomic mass is 9.89. The molecule has 9 nitrogen and oxygen atoms in total. The molecule has 0 aliphatic rings. The van der Waals surface area contributed by atoms with Crippen LogP contribution in [0, 0.1) is 20.8 Å². The maximum Gasteiger partial charge on any atom is 0.413 e. The molecule has 1 atom stereocenters. The number of carboxylic acid groups (broad SMARTS) is 1. The van der Waals surface area contributed by atoms with Crippen molar-refractivity contribution in [1.82, 2.24) is 20.2 Å². The molecule has 47 heavy (non-hydrogen) atoms. The van der Waals surface area contributed by atoms with Gasteiger partial charge in [-0.2, -0.15) is 4.98 Å². The normalized spacial score (nSPS) is 11.7. The Kier molecular flexibility index (Phi) is 12.6. The third-order valence-corrected chi connectivity index (χ3v) is 8.68. The van der Waals surface area contributed by atoms with E-state index in [0.717, 1.165) is 54.7 Å². The summed E-state index contributed by atoms with van der Waals surface area (Å²) in [5.41, 5.74) is 5.37. The van der Waals surface area contributed by atoms with Crippen LogP contribution in [0.3, 0.4) is 0 Å². The second-order valence-corrected chi connectivity index (χ2v) is 12.3. The van der Waals surface area contributed by atoms with Crippen LogP contribution in [-0.4, -0.2) is 58.2 Å². The van der Waals surface area contributed by atoms with Gasteiger partial charge in [0.25, 0.3) is 5.91 Å². The van der Waals surface area contributed by atoms with Crippen molar-refractivity contribution in [2.45, 2.75) is 53.5 Å². The van der Waals surface area contributed by atoms with Gasteiger partial charge in [0.1, 0.15) is 5.82 Å². The third kappa shape index (κ3) is 9.22. The Bertz CT molecular complexity index is 1670. The number of aryl methyl sites for hydroxylation is 3. The van der Waals surface area contributed by atoms with Gasteiger partial charge < -0.3 is 20.6 Å². The molecule has 3 N–H and O–H groups in total. The number of hydrogen-bond acceptors (Lipinski definition) is 6. The summed E-state index contributed by atoms with van der Waals surface area (Å²) in [6.07, 6.45) is 2.21. The van der Waals surface area contributed by atoms with E-state index in [9.17, 15) is 14.7 Å². The van der Waals surface area contributed by atoms with Crippen molar-refractivity contribution in [3.63, 3.8) is 0 Å². The quantitative estimate of drug-likeness (QED) is 0.115. The number of anilines is 3. The van der Waals surface area contributed by atoms with Gasteiger partial charge in [0.05, 0.1) is 6.04 Å². The number of aromatic nitrogens is 2. The molecule has 248 valence electrons. The number of carbonyl (C=O) groups excluding carboxylic acids is 1. The van der Waals surface area contributed by atoms with Crippen LogP contribution in [0.25, 0.3) is 0 Å². The molecule has 0 saturated heterocycles. The fourth-order valence-electron chi connectivity index (χ4n) is 5.79. The van der Waals surface area contributed by atoms with Crippen LogP contribution >= 0.6 is 23.2 Å². The molecule has 0 aliphatic carbocycles. The van der Waals surface area contributed by atoms with Crippen molar-refractivity contribution >= 4 is 52.7 Å². The average Bonchev–Trinajstić information content (AvgIpc) is 3.03. The molecule has 0 radical (unpaired) electrons. The van der Waals surface area contributed by atoms with Gasteiger partial charge in [-0.25, -0.2) is 14.7 Å². The standard InChI is InChI=1S/C36H42Cl2N6O3/c1-6-43(7-2)19-9-8-17-39-34(45)26-10-13-28(14-11-26)41-35-40-18-16-31(42-35)44(36(46)47)33(29-22-27(37)12-15-30(29)38)32-24(4)20-23(3)21-25(32)5/h10-16,18,20-22,33H,6-9,17,19H2,1-5H3,(H,39,45)(H,46,47)(H,40,41,42). The molecular formula is C36H42Cl2N6O3. The summed E-state index contributed by atoms with van der Waals surface area (Å²) in [6, 6.07) is 16.7. The van der Waals surface area contributed by atoms with Gasteiger partial charge >= 0.3 is 6.09 Å². The van der Waals surface area contributed by atoms with E-state index in [1.807, 2.05) is 32.9 Å². The Morgan fingerprint density at radius 3 is 2.23 bits per heavy atom. The van der Waals surface area contributed by atoms with Crippen LogP contribution in [0.1, 0.15) is 70.9 Å². The Morgan fingerprint density at radius 2 is 1.60 bits per heavy atom. The first-order chi connectivity index (χ1) is 22.5. The summed E-state index contributed by atoms with van der Waals surface area (Å²) in [7, 11) is 0. The second kappa shape index (κ2) is 16.6. The molecule has 1 unspecified atom stereocenters. The molecular weight excluding hydrogens is 635 g/mol. The molecule has 0 spiro atoms. The summed E-state index contributed by atoms with van der Waals surface area (Å²) in [6.45, 7) is 13.9. The zero-order valence-corrected chi connectivity index (χ0v) is 29.0. The van der Waals surface area contributed by atoms with Gasteiger partial charge in [-0.05, 0) is 124 Å². The molecule has 0 saturated carbocycles. The predicted octanol–water partition coefficient (Wildman–Crippen LogP) is 8.58. The summed E-state index contributed by atoms with van der Waals surface area (Å²) < 4.78 is 0. The number of nitrogens with zero attached hydrogens (tertiary/aromatic N) is 4. The fraction of sp³-hybridized carbons (Fsp3) is 0.333. The Hall–Kier alpha value is -4.18. The topological polar surface area (TPSA) is 111 Å². The highest BCUT2D eigenvalue weighted by molar-refractivity contribution is 6.33. The van der Waals surface area contributed by atoms with Crippen molar-refractivity contribution in [1.29, 1.82) is 0 Å². The molecule has 0 fully saturated rings. The van der Waals surface area contributed by atoms with E-state index in [1.54, 1.807) is 48.5 Å². The number of hydrogen-bond donors (Lipinski definition) is 3. The van der Waals surface area contributed by atoms with Gasteiger partial charge in [0.2, 0.25) is 5.95 Å². The highest BCUT2D eigenvalue weighted by atomic mass is 35.5. The molecule has 2 amide bonds. The Labute approximate surface area is 286 Å². The van der Waals surface area contributed by atoms with Crippen LogP contribution in [0.15, 0.2) is 66.9 Å². The van der Waals surface area contributed by atoms with Crippen LogP contribution in [-0.2, 0) is 0 Å². The van der Waals surface area contributed by atoms with E-state index in [-0.39, 0.29) is 17.7 Å². The molecule has 1 heterocycles. The van der Waals surface area contributed by atoms with Gasteiger partial charge in [-0.1, -0.05) is 54.7 Å². The van der Waals surface area contributed by atoms with Gasteiger partial charge in [0, 0.05) is 34.0 Å². The van der Waals surface area contributed by atoms with Crippen LogP contribution < -0.4 is 15.5 Å². The molecule has 4 rings (SSSR count). The predicted molar refractivity (Wildman–Crippen MR) is 191 cm³/mol. The van der Waals surface area contributed by atoms with Gasteiger partial charge in [0.15, 0.2) is 0 Å². The highest BCUT2D eigenvalue weighted by Crippen LogP contribution is 2.40. The number of benzene rings is 3. The zero-order valence-electron chi connectivity index (χ0n) is 27.5. The SMILES string of the molecule is CCN(CC)CCCCNC(=O)c1ccc(Nc2nccc(N(C(=O)O)C(c3cc(Cl)ccc3Cl)c3c(C)cc(C)cc3C)n2)cc1. The maximum atomic E-state index is 13.0. The molecule has 1 aromatic heterocycles. The first-order valence-electron chi connectivity index (χ1n) is 15.8.